The summed E-state index contributed by atoms with van der Waals surface area (Å²) in [7, 11) is -6.82. The third kappa shape index (κ3) is 4.74. The second-order valence-electron chi connectivity index (χ2n) is 8.51. The summed E-state index contributed by atoms with van der Waals surface area (Å²) in [6.45, 7) is 1.43. The Bertz CT molecular complexity index is 998. The fraction of sp³-hybridized carbons (Fsp3) is 0.778. The lowest BCUT2D eigenvalue weighted by Gasteiger charge is -2.30. The van der Waals surface area contributed by atoms with Crippen LogP contribution in [0.25, 0.3) is 0 Å². The summed E-state index contributed by atoms with van der Waals surface area (Å²) < 4.78 is 105. The van der Waals surface area contributed by atoms with Crippen LogP contribution in [0.5, 0.6) is 0 Å². The lowest BCUT2D eigenvalue weighted by atomic mass is 9.80. The van der Waals surface area contributed by atoms with Gasteiger partial charge in [0, 0.05) is 25.3 Å². The third-order valence-corrected chi connectivity index (χ3v) is 7.31. The monoisotopic (exact) mass is 520 g/mol. The number of hydrogen-bond acceptors (Lipinski definition) is 9. The van der Waals surface area contributed by atoms with E-state index >= 15 is 0 Å². The minimum atomic E-state index is -6.82. The van der Waals surface area contributed by atoms with Gasteiger partial charge in [-0.3, -0.25) is 24.1 Å². The Morgan fingerprint density at radius 3 is 2.21 bits per heavy atom. The van der Waals surface area contributed by atoms with Crippen LogP contribution in [0.15, 0.2) is 0 Å². The molecule has 34 heavy (non-hydrogen) atoms. The predicted octanol–water partition coefficient (Wildman–Crippen LogP) is 0.951. The summed E-state index contributed by atoms with van der Waals surface area (Å²) in [4.78, 5) is 48.8. The van der Waals surface area contributed by atoms with E-state index in [0.29, 0.717) is 12.8 Å². The maximum Gasteiger partial charge on any atom is 0.432 e. The first-order valence-corrected chi connectivity index (χ1v) is 11.5. The van der Waals surface area contributed by atoms with Crippen molar-refractivity contribution in [3.8, 4) is 0 Å². The number of halogens is 5. The number of hydrogen-bond donors (Lipinski definition) is 0. The molecule has 1 aliphatic heterocycles. The fourth-order valence-electron chi connectivity index (χ4n) is 5.04. The average molecular weight is 520 g/mol. The molecule has 0 aromatic rings. The molecule has 1 heterocycles. The van der Waals surface area contributed by atoms with E-state index in [0.717, 1.165) is 4.90 Å². The van der Waals surface area contributed by atoms with E-state index in [9.17, 15) is 54.1 Å². The van der Waals surface area contributed by atoms with Gasteiger partial charge < -0.3 is 14.0 Å². The molecule has 0 aromatic heterocycles. The molecule has 3 rings (SSSR count). The number of likely N-dealkylation sites (tertiary alicyclic amines) is 1. The van der Waals surface area contributed by atoms with Crippen LogP contribution in [0.1, 0.15) is 32.6 Å². The Labute approximate surface area is 189 Å². The van der Waals surface area contributed by atoms with Crippen LogP contribution in [0.3, 0.4) is 0 Å². The summed E-state index contributed by atoms with van der Waals surface area (Å²) >= 11 is 0. The zero-order chi connectivity index (χ0) is 25.8. The normalized spacial score (nSPS) is 29.7. The van der Waals surface area contributed by atoms with E-state index in [-0.39, 0.29) is 36.1 Å². The van der Waals surface area contributed by atoms with E-state index in [1.165, 1.54) is 6.92 Å². The second kappa shape index (κ2) is 8.70. The molecule has 6 unspecified atom stereocenters. The average Bonchev–Trinajstić information content (AvgIpc) is 3.33. The maximum absolute atomic E-state index is 13.4. The molecule has 10 nitrogen and oxygen atoms in total. The van der Waals surface area contributed by atoms with Crippen molar-refractivity contribution in [3.05, 3.63) is 0 Å². The van der Waals surface area contributed by atoms with Crippen LogP contribution in [0.4, 0.5) is 22.0 Å². The van der Waals surface area contributed by atoms with Gasteiger partial charge in [0.2, 0.25) is 11.8 Å². The minimum Gasteiger partial charge on any atom is -0.743 e. The molecule has 1 saturated heterocycles. The van der Waals surface area contributed by atoms with Crippen LogP contribution in [-0.2, 0) is 38.8 Å². The van der Waals surface area contributed by atoms with Crippen molar-refractivity contribution in [2.75, 3.05) is 6.54 Å². The number of rotatable bonds is 7. The van der Waals surface area contributed by atoms with Gasteiger partial charge in [0.25, 0.3) is 6.10 Å². The van der Waals surface area contributed by atoms with Gasteiger partial charge in [0.15, 0.2) is 10.1 Å². The van der Waals surface area contributed by atoms with Gasteiger partial charge in [-0.05, 0) is 24.7 Å². The number of fused-ring (bicyclic) bond motifs is 5. The lowest BCUT2D eigenvalue weighted by molar-refractivity contribution is -0.259. The van der Waals surface area contributed by atoms with E-state index in [1.807, 2.05) is 0 Å². The van der Waals surface area contributed by atoms with Crippen molar-refractivity contribution < 1.29 is 63.6 Å². The van der Waals surface area contributed by atoms with Crippen LogP contribution in [0.2, 0.25) is 0 Å². The number of alkyl halides is 5. The molecule has 0 radical (unpaired) electrons. The molecule has 0 spiro atoms. The summed E-state index contributed by atoms with van der Waals surface area (Å²) in [5, 5.41) is -5.98. The Morgan fingerprint density at radius 1 is 1.09 bits per heavy atom. The highest BCUT2D eigenvalue weighted by Crippen LogP contribution is 2.56. The molecule has 2 saturated carbocycles. The van der Waals surface area contributed by atoms with Gasteiger partial charge in [-0.25, -0.2) is 8.42 Å². The molecular weight excluding hydrogens is 501 g/mol. The predicted molar refractivity (Wildman–Crippen MR) is 95.3 cm³/mol. The number of carbonyl (C=O) groups excluding carboxylic acids is 4. The number of carbonyl (C=O) groups is 4. The zero-order valence-corrected chi connectivity index (χ0v) is 18.2. The van der Waals surface area contributed by atoms with Crippen molar-refractivity contribution in [2.45, 2.75) is 56.2 Å². The Morgan fingerprint density at radius 2 is 1.68 bits per heavy atom. The standard InChI is InChI=1S/C18H20F5NO9S/c1-7(25)24-6-10-9-4-8(14(10)15(24)28)5-11(9)32-12(26)2-3-13(27)33-16(17(19,20)21)18(22,23)34(29,30)31/h8-11,14,16H,2-6H2,1H3,(H,29,30,31)/p-1. The quantitative estimate of drug-likeness (QED) is 0.272. The van der Waals surface area contributed by atoms with E-state index in [2.05, 4.69) is 4.74 Å². The van der Waals surface area contributed by atoms with Crippen LogP contribution < -0.4 is 0 Å². The SMILES string of the molecule is CC(=O)N1CC2C3CC(CC3OC(=O)CCC(=O)OC(C(F)(F)F)C(F)(F)S(=O)(=O)[O-])C2C1=O. The fourth-order valence-corrected chi connectivity index (χ4v) is 5.49. The first-order valence-electron chi connectivity index (χ1n) is 10.1. The second-order valence-corrected chi connectivity index (χ2v) is 9.96. The summed E-state index contributed by atoms with van der Waals surface area (Å²) in [6.07, 6.45) is -12.4. The number of ether oxygens (including phenoxy) is 2. The highest BCUT2D eigenvalue weighted by molar-refractivity contribution is 7.86. The van der Waals surface area contributed by atoms with Crippen molar-refractivity contribution >= 4 is 33.9 Å². The van der Waals surface area contributed by atoms with Gasteiger partial charge in [-0.1, -0.05) is 0 Å². The van der Waals surface area contributed by atoms with Crippen molar-refractivity contribution in [2.24, 2.45) is 23.7 Å². The summed E-state index contributed by atoms with van der Waals surface area (Å²) in [5.74, 6) is -4.68. The minimum absolute atomic E-state index is 0.126. The van der Waals surface area contributed by atoms with Crippen molar-refractivity contribution in [1.29, 1.82) is 0 Å². The number of amides is 2. The molecule has 6 atom stereocenters. The molecule has 0 aromatic carbocycles. The van der Waals surface area contributed by atoms with Gasteiger partial charge in [0.05, 0.1) is 12.8 Å². The largest absolute Gasteiger partial charge is 0.743 e. The number of nitrogens with zero attached hydrogens (tertiary/aromatic N) is 1. The Kier molecular flexibility index (Phi) is 6.71. The van der Waals surface area contributed by atoms with E-state index in [4.69, 9.17) is 4.74 Å². The molecule has 16 heteroatoms. The van der Waals surface area contributed by atoms with Crippen molar-refractivity contribution in [3.63, 3.8) is 0 Å². The van der Waals surface area contributed by atoms with Crippen molar-refractivity contribution in [1.82, 2.24) is 4.90 Å². The molecule has 192 valence electrons. The molecular formula is C18H19F5NO9S-. The number of esters is 2. The Hall–Kier alpha value is -2.36. The van der Waals surface area contributed by atoms with Gasteiger partial charge in [-0.2, -0.15) is 22.0 Å². The maximum atomic E-state index is 13.4. The molecule has 2 bridgehead atoms. The summed E-state index contributed by atoms with van der Waals surface area (Å²) in [6, 6.07) is 0. The lowest BCUT2D eigenvalue weighted by Crippen LogP contribution is -2.52. The van der Waals surface area contributed by atoms with Gasteiger partial charge >= 0.3 is 23.4 Å². The molecule has 3 aliphatic rings. The summed E-state index contributed by atoms with van der Waals surface area (Å²) in [5.41, 5.74) is 0. The van der Waals surface area contributed by atoms with Crippen LogP contribution in [0, 0.1) is 23.7 Å². The smallest absolute Gasteiger partial charge is 0.432 e. The Balaban J connectivity index is 1.54. The highest BCUT2D eigenvalue weighted by atomic mass is 32.2. The zero-order valence-electron chi connectivity index (χ0n) is 17.4. The molecule has 0 N–H and O–H groups in total. The van der Waals surface area contributed by atoms with Gasteiger partial charge in [-0.15, -0.1) is 0 Å². The van der Waals surface area contributed by atoms with Crippen LogP contribution >= 0.6 is 0 Å². The first-order chi connectivity index (χ1) is 15.4. The molecule has 3 fully saturated rings. The van der Waals surface area contributed by atoms with E-state index in [1.54, 1.807) is 0 Å². The molecule has 2 amide bonds. The van der Waals surface area contributed by atoms with E-state index < -0.39 is 64.4 Å². The third-order valence-electron chi connectivity index (χ3n) is 6.43. The topological polar surface area (TPSA) is 147 Å². The highest BCUT2D eigenvalue weighted by Gasteiger charge is 2.63. The first kappa shape index (κ1) is 26.2. The van der Waals surface area contributed by atoms with Gasteiger partial charge in [0.1, 0.15) is 6.10 Å². The van der Waals surface area contributed by atoms with Crippen LogP contribution in [-0.4, -0.2) is 71.8 Å². The number of imide groups is 1. The molecule has 2 aliphatic carbocycles.